The van der Waals surface area contributed by atoms with Gasteiger partial charge < -0.3 is 5.73 Å². The molecule has 0 bridgehead atoms. The van der Waals surface area contributed by atoms with Crippen LogP contribution in [0, 0.1) is 0 Å². The van der Waals surface area contributed by atoms with Gasteiger partial charge in [0.25, 0.3) is 0 Å². The first-order valence-corrected chi connectivity index (χ1v) is 4.47. The Labute approximate surface area is 71.6 Å². The van der Waals surface area contributed by atoms with E-state index in [0.29, 0.717) is 6.54 Å². The summed E-state index contributed by atoms with van der Waals surface area (Å²) >= 11 is 1.55. The highest BCUT2D eigenvalue weighted by Gasteiger charge is 2.16. The van der Waals surface area contributed by atoms with Crippen LogP contribution < -0.4 is 5.73 Å². The van der Waals surface area contributed by atoms with E-state index in [2.05, 4.69) is 31.2 Å². The van der Waals surface area contributed by atoms with Gasteiger partial charge in [-0.25, -0.2) is 0 Å². The maximum absolute atomic E-state index is 5.45. The molecule has 2 nitrogen and oxygen atoms in total. The van der Waals surface area contributed by atoms with Crippen LogP contribution in [0.1, 0.15) is 31.3 Å². The van der Waals surface area contributed by atoms with Crippen molar-refractivity contribution in [1.82, 2.24) is 4.37 Å². The Hall–Kier alpha value is -0.410. The zero-order valence-electron chi connectivity index (χ0n) is 7.22. The lowest BCUT2D eigenvalue weighted by molar-refractivity contribution is 0.603. The molecule has 2 N–H and O–H groups in total. The van der Waals surface area contributed by atoms with Crippen molar-refractivity contribution in [3.63, 3.8) is 0 Å². The van der Waals surface area contributed by atoms with Gasteiger partial charge in [-0.1, -0.05) is 20.8 Å². The SMILES string of the molecule is CC(C)(C)c1cc(CN)ns1. The second-order valence-electron chi connectivity index (χ2n) is 3.64. The number of hydrogen-bond donors (Lipinski definition) is 1. The summed E-state index contributed by atoms with van der Waals surface area (Å²) in [7, 11) is 0. The van der Waals surface area contributed by atoms with E-state index in [1.807, 2.05) is 0 Å². The largest absolute Gasteiger partial charge is 0.325 e. The number of hydrogen-bond acceptors (Lipinski definition) is 3. The Morgan fingerprint density at radius 2 is 2.18 bits per heavy atom. The van der Waals surface area contributed by atoms with Crippen LogP contribution in [0.15, 0.2) is 6.07 Å². The fourth-order valence-corrected chi connectivity index (χ4v) is 1.57. The highest BCUT2D eigenvalue weighted by Crippen LogP contribution is 2.26. The van der Waals surface area contributed by atoms with Gasteiger partial charge >= 0.3 is 0 Å². The molecule has 0 aromatic carbocycles. The van der Waals surface area contributed by atoms with Crippen molar-refractivity contribution in [2.75, 3.05) is 0 Å². The third-order valence-electron chi connectivity index (χ3n) is 1.51. The average molecular weight is 170 g/mol. The summed E-state index contributed by atoms with van der Waals surface area (Å²) in [5.74, 6) is 0. The van der Waals surface area contributed by atoms with Crippen LogP contribution in [0.3, 0.4) is 0 Å². The fourth-order valence-electron chi connectivity index (χ4n) is 0.761. The van der Waals surface area contributed by atoms with Crippen molar-refractivity contribution in [3.8, 4) is 0 Å². The normalized spacial score (nSPS) is 12.0. The summed E-state index contributed by atoms with van der Waals surface area (Å²) in [6.45, 7) is 7.09. The molecule has 1 aromatic rings. The molecule has 1 aromatic heterocycles. The van der Waals surface area contributed by atoms with Crippen LogP contribution in [-0.2, 0) is 12.0 Å². The molecule has 0 unspecified atom stereocenters. The summed E-state index contributed by atoms with van der Waals surface area (Å²) < 4.78 is 4.22. The Balaban J connectivity index is 2.89. The van der Waals surface area contributed by atoms with E-state index in [1.54, 1.807) is 11.5 Å². The van der Waals surface area contributed by atoms with Gasteiger partial charge in [-0.05, 0) is 23.0 Å². The molecule has 0 aliphatic carbocycles. The van der Waals surface area contributed by atoms with Crippen molar-refractivity contribution in [3.05, 3.63) is 16.6 Å². The van der Waals surface area contributed by atoms with Gasteiger partial charge in [0, 0.05) is 11.4 Å². The van der Waals surface area contributed by atoms with Gasteiger partial charge in [0.2, 0.25) is 0 Å². The summed E-state index contributed by atoms with van der Waals surface area (Å²) in [5, 5.41) is 0. The predicted octanol–water partition coefficient (Wildman–Crippen LogP) is 1.90. The number of nitrogens with zero attached hydrogens (tertiary/aromatic N) is 1. The third kappa shape index (κ3) is 2.01. The molecule has 0 radical (unpaired) electrons. The maximum atomic E-state index is 5.45. The minimum absolute atomic E-state index is 0.213. The molecule has 0 aliphatic heterocycles. The lowest BCUT2D eigenvalue weighted by Crippen LogP contribution is -2.08. The molecule has 3 heteroatoms. The maximum Gasteiger partial charge on any atom is 0.0681 e. The smallest absolute Gasteiger partial charge is 0.0681 e. The quantitative estimate of drug-likeness (QED) is 0.699. The molecular formula is C8H14N2S. The standard InChI is InChI=1S/C8H14N2S/c1-8(2,3)7-4-6(5-9)10-11-7/h4H,5,9H2,1-3H3. The first-order valence-electron chi connectivity index (χ1n) is 3.70. The lowest BCUT2D eigenvalue weighted by atomic mass is 9.94. The summed E-state index contributed by atoms with van der Waals surface area (Å²) in [6, 6.07) is 2.09. The molecule has 1 heterocycles. The minimum atomic E-state index is 0.213. The van der Waals surface area contributed by atoms with Crippen LogP contribution in [0.2, 0.25) is 0 Å². The second-order valence-corrected chi connectivity index (χ2v) is 4.44. The summed E-state index contributed by atoms with van der Waals surface area (Å²) in [5.41, 5.74) is 6.66. The molecule has 0 spiro atoms. The number of nitrogens with two attached hydrogens (primary N) is 1. The molecule has 11 heavy (non-hydrogen) atoms. The Bertz CT molecular complexity index is 234. The minimum Gasteiger partial charge on any atom is -0.325 e. The Morgan fingerprint density at radius 3 is 2.45 bits per heavy atom. The molecule has 0 aliphatic rings. The molecule has 0 atom stereocenters. The summed E-state index contributed by atoms with van der Waals surface area (Å²) in [4.78, 5) is 1.30. The van der Waals surface area contributed by atoms with Gasteiger partial charge in [0.1, 0.15) is 0 Å². The zero-order valence-corrected chi connectivity index (χ0v) is 8.03. The van der Waals surface area contributed by atoms with Crippen molar-refractivity contribution in [1.29, 1.82) is 0 Å². The van der Waals surface area contributed by atoms with Gasteiger partial charge in [0.05, 0.1) is 5.69 Å². The highest BCUT2D eigenvalue weighted by atomic mass is 32.1. The van der Waals surface area contributed by atoms with Crippen LogP contribution in [0.25, 0.3) is 0 Å². The number of rotatable bonds is 1. The van der Waals surface area contributed by atoms with Gasteiger partial charge in [0.15, 0.2) is 0 Å². The lowest BCUT2D eigenvalue weighted by Gasteiger charge is -2.14. The fraction of sp³-hybridized carbons (Fsp3) is 0.625. The molecule has 0 saturated carbocycles. The zero-order chi connectivity index (χ0) is 8.48. The van der Waals surface area contributed by atoms with Crippen LogP contribution in [0.5, 0.6) is 0 Å². The van der Waals surface area contributed by atoms with Gasteiger partial charge in [-0.3, -0.25) is 0 Å². The van der Waals surface area contributed by atoms with Crippen molar-refractivity contribution < 1.29 is 0 Å². The molecular weight excluding hydrogens is 156 g/mol. The van der Waals surface area contributed by atoms with Crippen LogP contribution in [0.4, 0.5) is 0 Å². The Kier molecular flexibility index (Phi) is 2.30. The van der Waals surface area contributed by atoms with Crippen LogP contribution in [-0.4, -0.2) is 4.37 Å². The number of aromatic nitrogens is 1. The van der Waals surface area contributed by atoms with E-state index in [0.717, 1.165) is 5.69 Å². The predicted molar refractivity (Wildman–Crippen MR) is 48.7 cm³/mol. The molecule has 0 saturated heterocycles. The molecule has 62 valence electrons. The summed E-state index contributed by atoms with van der Waals surface area (Å²) in [6.07, 6.45) is 0. The monoisotopic (exact) mass is 170 g/mol. The molecule has 0 fully saturated rings. The van der Waals surface area contributed by atoms with E-state index < -0.39 is 0 Å². The second kappa shape index (κ2) is 2.91. The molecule has 0 amide bonds. The van der Waals surface area contributed by atoms with E-state index in [1.165, 1.54) is 4.88 Å². The Morgan fingerprint density at radius 1 is 1.55 bits per heavy atom. The highest BCUT2D eigenvalue weighted by molar-refractivity contribution is 7.06. The average Bonchev–Trinajstić information content (AvgIpc) is 2.32. The topological polar surface area (TPSA) is 38.9 Å². The first kappa shape index (κ1) is 8.68. The van der Waals surface area contributed by atoms with Gasteiger partial charge in [-0.2, -0.15) is 4.37 Å². The molecule has 1 rings (SSSR count). The van der Waals surface area contributed by atoms with E-state index in [9.17, 15) is 0 Å². The first-order chi connectivity index (χ1) is 5.04. The van der Waals surface area contributed by atoms with Crippen molar-refractivity contribution in [2.24, 2.45) is 5.73 Å². The van der Waals surface area contributed by atoms with E-state index in [-0.39, 0.29) is 5.41 Å². The van der Waals surface area contributed by atoms with Crippen LogP contribution >= 0.6 is 11.5 Å². The van der Waals surface area contributed by atoms with Crippen molar-refractivity contribution >= 4 is 11.5 Å². The van der Waals surface area contributed by atoms with E-state index in [4.69, 9.17) is 5.73 Å². The van der Waals surface area contributed by atoms with Gasteiger partial charge in [-0.15, -0.1) is 0 Å². The van der Waals surface area contributed by atoms with Crippen molar-refractivity contribution in [2.45, 2.75) is 32.7 Å². The third-order valence-corrected chi connectivity index (χ3v) is 2.76. The van der Waals surface area contributed by atoms with E-state index >= 15 is 0 Å².